The Kier molecular flexibility index (Phi) is 6.86. The van der Waals surface area contributed by atoms with E-state index < -0.39 is 11.7 Å². The van der Waals surface area contributed by atoms with Gasteiger partial charge in [-0.1, -0.05) is 19.1 Å². The first-order chi connectivity index (χ1) is 13.5. The van der Waals surface area contributed by atoms with E-state index in [2.05, 4.69) is 22.0 Å². The zero-order valence-corrected chi connectivity index (χ0v) is 16.5. The number of nitrogens with zero attached hydrogens (tertiary/aromatic N) is 2. The number of hydrogen-bond acceptors (Lipinski definition) is 5. The van der Waals surface area contributed by atoms with Crippen LogP contribution >= 0.6 is 0 Å². The van der Waals surface area contributed by atoms with Crippen LogP contribution in [-0.4, -0.2) is 53.4 Å². The number of aryl methyl sites for hydroxylation is 1. The van der Waals surface area contributed by atoms with Crippen LogP contribution in [0.4, 0.5) is 4.39 Å². The quantitative estimate of drug-likeness (QED) is 0.680. The SMILES string of the molecule is COc1cccc(CC[C@@H]2CN(CC(C)c3ccc(O)c(F)n3)C[C@@H]2CO)c1. The van der Waals surface area contributed by atoms with Crippen molar-refractivity contribution in [1.82, 2.24) is 9.88 Å². The number of pyridine rings is 1. The first-order valence-corrected chi connectivity index (χ1v) is 9.81. The fourth-order valence-corrected chi connectivity index (χ4v) is 4.10. The number of ether oxygens (including phenoxy) is 1. The van der Waals surface area contributed by atoms with E-state index in [0.717, 1.165) is 38.2 Å². The van der Waals surface area contributed by atoms with Crippen LogP contribution in [0.1, 0.15) is 30.5 Å². The number of aromatic nitrogens is 1. The Hall–Kier alpha value is -2.18. The summed E-state index contributed by atoms with van der Waals surface area (Å²) in [6, 6.07) is 11.1. The monoisotopic (exact) mass is 388 g/mol. The van der Waals surface area contributed by atoms with Gasteiger partial charge in [0.25, 0.3) is 5.95 Å². The molecule has 1 aliphatic heterocycles. The highest BCUT2D eigenvalue weighted by molar-refractivity contribution is 5.28. The minimum Gasteiger partial charge on any atom is -0.504 e. The molecule has 2 N–H and O–H groups in total. The summed E-state index contributed by atoms with van der Waals surface area (Å²) in [5.74, 6) is 0.346. The highest BCUT2D eigenvalue weighted by Crippen LogP contribution is 2.30. The van der Waals surface area contributed by atoms with Crippen molar-refractivity contribution in [3.63, 3.8) is 0 Å². The van der Waals surface area contributed by atoms with Crippen LogP contribution in [0.25, 0.3) is 0 Å². The lowest BCUT2D eigenvalue weighted by molar-refractivity contribution is 0.196. The lowest BCUT2D eigenvalue weighted by Crippen LogP contribution is -2.26. The maximum Gasteiger partial charge on any atom is 0.255 e. The van der Waals surface area contributed by atoms with Crippen LogP contribution in [0.5, 0.6) is 11.5 Å². The second-order valence-corrected chi connectivity index (χ2v) is 7.76. The molecule has 1 aromatic heterocycles. The largest absolute Gasteiger partial charge is 0.504 e. The molecule has 3 rings (SSSR count). The van der Waals surface area contributed by atoms with E-state index in [4.69, 9.17) is 4.74 Å². The molecular weight excluding hydrogens is 359 g/mol. The maximum atomic E-state index is 13.5. The van der Waals surface area contributed by atoms with Crippen LogP contribution in [0.2, 0.25) is 0 Å². The van der Waals surface area contributed by atoms with Crippen molar-refractivity contribution >= 4 is 0 Å². The van der Waals surface area contributed by atoms with Gasteiger partial charge in [0.15, 0.2) is 5.75 Å². The third kappa shape index (κ3) is 5.00. The standard InChI is InChI=1S/C22H29FN2O3/c1-15(20-8-9-21(27)22(23)24-20)11-25-12-17(18(13-25)14-26)7-6-16-4-3-5-19(10-16)28-2/h3-5,8-10,15,17-18,26-27H,6-7,11-14H2,1-2H3/t15?,17-,18-/m1/s1. The molecule has 0 spiro atoms. The average Bonchev–Trinajstić information content (AvgIpc) is 3.10. The van der Waals surface area contributed by atoms with Gasteiger partial charge in [-0.3, -0.25) is 0 Å². The molecule has 1 fully saturated rings. The second kappa shape index (κ2) is 9.34. The summed E-state index contributed by atoms with van der Waals surface area (Å²) < 4.78 is 18.8. The molecule has 152 valence electrons. The van der Waals surface area contributed by atoms with Crippen molar-refractivity contribution in [2.24, 2.45) is 11.8 Å². The summed E-state index contributed by atoms with van der Waals surface area (Å²) in [6.45, 7) is 4.70. The Balaban J connectivity index is 1.57. The maximum absolute atomic E-state index is 13.5. The number of methoxy groups -OCH3 is 1. The molecule has 1 unspecified atom stereocenters. The number of likely N-dealkylation sites (tertiary alicyclic amines) is 1. The molecule has 0 aliphatic carbocycles. The third-order valence-corrected chi connectivity index (χ3v) is 5.71. The smallest absolute Gasteiger partial charge is 0.255 e. The molecule has 2 heterocycles. The van der Waals surface area contributed by atoms with Crippen molar-refractivity contribution in [2.45, 2.75) is 25.7 Å². The molecule has 6 heteroatoms. The normalized spacial score (nSPS) is 21.0. The van der Waals surface area contributed by atoms with Gasteiger partial charge < -0.3 is 19.8 Å². The number of aliphatic hydroxyl groups is 1. The van der Waals surface area contributed by atoms with Crippen LogP contribution in [0.3, 0.4) is 0 Å². The minimum absolute atomic E-state index is 0.0478. The fraction of sp³-hybridized carbons (Fsp3) is 0.500. The Morgan fingerprint density at radius 2 is 2.04 bits per heavy atom. The van der Waals surface area contributed by atoms with Gasteiger partial charge in [-0.2, -0.15) is 4.39 Å². The molecule has 0 bridgehead atoms. The van der Waals surface area contributed by atoms with Crippen molar-refractivity contribution in [1.29, 1.82) is 0 Å². The molecule has 1 aromatic carbocycles. The van der Waals surface area contributed by atoms with Crippen LogP contribution in [-0.2, 0) is 6.42 Å². The number of aromatic hydroxyl groups is 1. The summed E-state index contributed by atoms with van der Waals surface area (Å²) in [6.07, 6.45) is 1.96. The second-order valence-electron chi connectivity index (χ2n) is 7.76. The van der Waals surface area contributed by atoms with Gasteiger partial charge >= 0.3 is 0 Å². The summed E-state index contributed by atoms with van der Waals surface area (Å²) in [5.41, 5.74) is 1.88. The molecule has 0 saturated carbocycles. The van der Waals surface area contributed by atoms with E-state index >= 15 is 0 Å². The van der Waals surface area contributed by atoms with E-state index in [1.54, 1.807) is 13.2 Å². The van der Waals surface area contributed by atoms with Crippen molar-refractivity contribution < 1.29 is 19.3 Å². The zero-order valence-electron chi connectivity index (χ0n) is 16.5. The van der Waals surface area contributed by atoms with Crippen molar-refractivity contribution in [2.75, 3.05) is 33.4 Å². The van der Waals surface area contributed by atoms with Gasteiger partial charge in [0.2, 0.25) is 0 Å². The van der Waals surface area contributed by atoms with Crippen LogP contribution < -0.4 is 4.74 Å². The van der Waals surface area contributed by atoms with E-state index in [-0.39, 0.29) is 18.4 Å². The summed E-state index contributed by atoms with van der Waals surface area (Å²) in [5, 5.41) is 19.1. The Morgan fingerprint density at radius 1 is 1.25 bits per heavy atom. The fourth-order valence-electron chi connectivity index (χ4n) is 4.10. The van der Waals surface area contributed by atoms with E-state index in [9.17, 15) is 14.6 Å². The third-order valence-electron chi connectivity index (χ3n) is 5.71. The predicted octanol–water partition coefficient (Wildman–Crippen LogP) is 3.21. The molecule has 1 saturated heterocycles. The first kappa shape index (κ1) is 20.6. The molecule has 2 aromatic rings. The molecule has 28 heavy (non-hydrogen) atoms. The highest BCUT2D eigenvalue weighted by atomic mass is 19.1. The number of hydrogen-bond donors (Lipinski definition) is 2. The number of benzene rings is 1. The lowest BCUT2D eigenvalue weighted by Gasteiger charge is -2.20. The van der Waals surface area contributed by atoms with E-state index in [1.807, 2.05) is 19.1 Å². The molecule has 0 radical (unpaired) electrons. The first-order valence-electron chi connectivity index (χ1n) is 9.81. The van der Waals surface area contributed by atoms with Gasteiger partial charge in [-0.25, -0.2) is 4.98 Å². The summed E-state index contributed by atoms with van der Waals surface area (Å²) >= 11 is 0. The number of rotatable bonds is 8. The van der Waals surface area contributed by atoms with Gasteiger partial charge in [-0.05, 0) is 54.5 Å². The lowest BCUT2D eigenvalue weighted by atomic mass is 9.90. The Morgan fingerprint density at radius 3 is 2.75 bits per heavy atom. The van der Waals surface area contributed by atoms with Crippen molar-refractivity contribution in [3.05, 3.63) is 53.6 Å². The summed E-state index contributed by atoms with van der Waals surface area (Å²) in [7, 11) is 1.67. The highest BCUT2D eigenvalue weighted by Gasteiger charge is 2.32. The Labute approximate surface area is 165 Å². The number of aliphatic hydroxyl groups excluding tert-OH is 1. The predicted molar refractivity (Wildman–Crippen MR) is 106 cm³/mol. The van der Waals surface area contributed by atoms with Crippen molar-refractivity contribution in [3.8, 4) is 11.5 Å². The number of halogens is 1. The van der Waals surface area contributed by atoms with Gasteiger partial charge in [0, 0.05) is 37.9 Å². The topological polar surface area (TPSA) is 65.8 Å². The van der Waals surface area contributed by atoms with E-state index in [1.165, 1.54) is 11.6 Å². The molecule has 5 nitrogen and oxygen atoms in total. The summed E-state index contributed by atoms with van der Waals surface area (Å²) in [4.78, 5) is 6.19. The average molecular weight is 388 g/mol. The van der Waals surface area contributed by atoms with Crippen LogP contribution in [0.15, 0.2) is 36.4 Å². The van der Waals surface area contributed by atoms with Gasteiger partial charge in [-0.15, -0.1) is 0 Å². The molecule has 0 amide bonds. The minimum atomic E-state index is -0.824. The Bertz CT molecular complexity index is 786. The molecule has 3 atom stereocenters. The van der Waals surface area contributed by atoms with Gasteiger partial charge in [0.05, 0.1) is 7.11 Å². The molecule has 1 aliphatic rings. The van der Waals surface area contributed by atoms with Gasteiger partial charge in [0.1, 0.15) is 5.75 Å². The zero-order chi connectivity index (χ0) is 20.1. The molecular formula is C22H29FN2O3. The van der Waals surface area contributed by atoms with E-state index in [0.29, 0.717) is 11.6 Å². The van der Waals surface area contributed by atoms with Crippen LogP contribution in [0, 0.1) is 17.8 Å².